The second kappa shape index (κ2) is 9.06. The molecule has 3 heteroatoms. The molecule has 102 valence electrons. The lowest BCUT2D eigenvalue weighted by Crippen LogP contribution is -2.31. The van der Waals surface area contributed by atoms with Crippen LogP contribution in [0.3, 0.4) is 0 Å². The summed E-state index contributed by atoms with van der Waals surface area (Å²) in [4.78, 5) is 6.79. The summed E-state index contributed by atoms with van der Waals surface area (Å²) in [5.74, 6) is 0. The van der Waals surface area contributed by atoms with Gasteiger partial charge in [0.25, 0.3) is 0 Å². The quantitative estimate of drug-likeness (QED) is 0.681. The second-order valence-electron chi connectivity index (χ2n) is 4.90. The molecule has 0 aliphatic heterocycles. The van der Waals surface area contributed by atoms with E-state index in [4.69, 9.17) is 0 Å². The third-order valence-corrected chi connectivity index (χ3v) is 3.42. The van der Waals surface area contributed by atoms with Gasteiger partial charge in [0.1, 0.15) is 0 Å². The van der Waals surface area contributed by atoms with Crippen molar-refractivity contribution in [3.05, 3.63) is 30.1 Å². The molecule has 1 rings (SSSR count). The molecule has 0 aliphatic carbocycles. The van der Waals surface area contributed by atoms with E-state index in [1.165, 1.54) is 18.5 Å². The maximum atomic E-state index is 4.36. The molecule has 0 bridgehead atoms. The smallest absolute Gasteiger partial charge is 0.0416 e. The zero-order valence-corrected chi connectivity index (χ0v) is 12.0. The fourth-order valence-corrected chi connectivity index (χ4v) is 1.98. The molecule has 18 heavy (non-hydrogen) atoms. The second-order valence-corrected chi connectivity index (χ2v) is 4.90. The molecule has 1 heterocycles. The molecular formula is C15H27N3. The number of likely N-dealkylation sites (N-methyl/N-ethyl adjacent to an activating group) is 1. The van der Waals surface area contributed by atoms with Crippen molar-refractivity contribution in [3.63, 3.8) is 0 Å². The van der Waals surface area contributed by atoms with Crippen molar-refractivity contribution < 1.29 is 0 Å². The number of pyridine rings is 1. The summed E-state index contributed by atoms with van der Waals surface area (Å²) < 4.78 is 0. The summed E-state index contributed by atoms with van der Waals surface area (Å²) in [6.45, 7) is 7.75. The zero-order chi connectivity index (χ0) is 13.2. The van der Waals surface area contributed by atoms with Crippen molar-refractivity contribution in [1.29, 1.82) is 0 Å². The molecule has 0 aromatic carbocycles. The summed E-state index contributed by atoms with van der Waals surface area (Å²) in [5.41, 5.74) is 1.18. The number of rotatable bonds is 9. The molecule has 1 atom stereocenters. The van der Waals surface area contributed by atoms with E-state index in [0.29, 0.717) is 6.04 Å². The van der Waals surface area contributed by atoms with Crippen LogP contribution in [-0.4, -0.2) is 42.6 Å². The molecule has 1 N–H and O–H groups in total. The molecule has 0 fully saturated rings. The standard InChI is InChI=1S/C15H27N3/c1-4-16-11-7-8-14(2)18(3)13-10-15-9-5-6-12-17-15/h5-6,9,12,14,16H,4,7-8,10-11,13H2,1-3H3. The lowest BCUT2D eigenvalue weighted by molar-refractivity contribution is 0.244. The Morgan fingerprint density at radius 2 is 2.22 bits per heavy atom. The van der Waals surface area contributed by atoms with Crippen LogP contribution in [0.5, 0.6) is 0 Å². The van der Waals surface area contributed by atoms with Gasteiger partial charge in [-0.2, -0.15) is 0 Å². The summed E-state index contributed by atoms with van der Waals surface area (Å²) >= 11 is 0. The number of nitrogens with zero attached hydrogens (tertiary/aromatic N) is 2. The third-order valence-electron chi connectivity index (χ3n) is 3.42. The van der Waals surface area contributed by atoms with Crippen molar-refractivity contribution in [2.24, 2.45) is 0 Å². The molecule has 1 unspecified atom stereocenters. The minimum atomic E-state index is 0.646. The largest absolute Gasteiger partial charge is 0.317 e. The number of hydrogen-bond donors (Lipinski definition) is 1. The van der Waals surface area contributed by atoms with Crippen LogP contribution < -0.4 is 5.32 Å². The molecule has 1 aromatic heterocycles. The maximum Gasteiger partial charge on any atom is 0.0416 e. The molecule has 0 aliphatic rings. The first-order valence-electron chi connectivity index (χ1n) is 7.05. The first-order valence-corrected chi connectivity index (χ1v) is 7.05. The molecule has 0 radical (unpaired) electrons. The summed E-state index contributed by atoms with van der Waals surface area (Å²) in [6, 6.07) is 6.77. The lowest BCUT2D eigenvalue weighted by Gasteiger charge is -2.24. The zero-order valence-electron chi connectivity index (χ0n) is 12.0. The highest BCUT2D eigenvalue weighted by atomic mass is 15.1. The monoisotopic (exact) mass is 249 g/mol. The predicted molar refractivity (Wildman–Crippen MR) is 77.8 cm³/mol. The van der Waals surface area contributed by atoms with Gasteiger partial charge in [-0.05, 0) is 52.0 Å². The van der Waals surface area contributed by atoms with Gasteiger partial charge in [-0.15, -0.1) is 0 Å². The van der Waals surface area contributed by atoms with Crippen LogP contribution in [0, 0.1) is 0 Å². The van der Waals surface area contributed by atoms with Gasteiger partial charge >= 0.3 is 0 Å². The highest BCUT2D eigenvalue weighted by Crippen LogP contribution is 2.05. The minimum absolute atomic E-state index is 0.646. The van der Waals surface area contributed by atoms with E-state index in [1.54, 1.807) is 0 Å². The predicted octanol–water partition coefficient (Wildman–Crippen LogP) is 2.33. The highest BCUT2D eigenvalue weighted by Gasteiger charge is 2.08. The molecular weight excluding hydrogens is 222 g/mol. The van der Waals surface area contributed by atoms with Gasteiger partial charge in [0.05, 0.1) is 0 Å². The van der Waals surface area contributed by atoms with Crippen LogP contribution in [0.4, 0.5) is 0 Å². The van der Waals surface area contributed by atoms with Crippen LogP contribution in [0.25, 0.3) is 0 Å². The molecule has 0 amide bonds. The Morgan fingerprint density at radius 3 is 2.89 bits per heavy atom. The van der Waals surface area contributed by atoms with E-state index in [1.807, 2.05) is 12.3 Å². The van der Waals surface area contributed by atoms with E-state index in [2.05, 4.69) is 48.2 Å². The Hall–Kier alpha value is -0.930. The SMILES string of the molecule is CCNCCCC(C)N(C)CCc1ccccn1. The van der Waals surface area contributed by atoms with E-state index < -0.39 is 0 Å². The Kier molecular flexibility index (Phi) is 7.62. The lowest BCUT2D eigenvalue weighted by atomic mass is 10.1. The normalized spacial score (nSPS) is 12.9. The van der Waals surface area contributed by atoms with Crippen LogP contribution in [-0.2, 0) is 6.42 Å². The van der Waals surface area contributed by atoms with Crippen LogP contribution >= 0.6 is 0 Å². The van der Waals surface area contributed by atoms with Crippen molar-refractivity contribution in [2.45, 2.75) is 39.2 Å². The van der Waals surface area contributed by atoms with E-state index in [-0.39, 0.29) is 0 Å². The third kappa shape index (κ3) is 6.12. The Labute approximate surface area is 112 Å². The van der Waals surface area contributed by atoms with Gasteiger partial charge in [-0.25, -0.2) is 0 Å². The van der Waals surface area contributed by atoms with Gasteiger partial charge in [-0.3, -0.25) is 4.98 Å². The van der Waals surface area contributed by atoms with Gasteiger partial charge in [0, 0.05) is 30.9 Å². The number of aromatic nitrogens is 1. The summed E-state index contributed by atoms with van der Waals surface area (Å²) in [5, 5.41) is 3.37. The maximum absolute atomic E-state index is 4.36. The van der Waals surface area contributed by atoms with Gasteiger partial charge in [-0.1, -0.05) is 13.0 Å². The molecule has 0 saturated carbocycles. The molecule has 3 nitrogen and oxygen atoms in total. The average Bonchev–Trinajstić information content (AvgIpc) is 2.42. The Balaban J connectivity index is 2.17. The average molecular weight is 249 g/mol. The summed E-state index contributed by atoms with van der Waals surface area (Å²) in [6.07, 6.45) is 5.42. The van der Waals surface area contributed by atoms with Gasteiger partial charge in [0.2, 0.25) is 0 Å². The fraction of sp³-hybridized carbons (Fsp3) is 0.667. The Bertz CT molecular complexity index is 300. The van der Waals surface area contributed by atoms with Crippen LogP contribution in [0.15, 0.2) is 24.4 Å². The first kappa shape index (κ1) is 15.1. The van der Waals surface area contributed by atoms with Crippen molar-refractivity contribution in [1.82, 2.24) is 15.2 Å². The van der Waals surface area contributed by atoms with Gasteiger partial charge < -0.3 is 10.2 Å². The van der Waals surface area contributed by atoms with Crippen LogP contribution in [0.2, 0.25) is 0 Å². The fourth-order valence-electron chi connectivity index (χ4n) is 1.98. The highest BCUT2D eigenvalue weighted by molar-refractivity contribution is 5.03. The summed E-state index contributed by atoms with van der Waals surface area (Å²) in [7, 11) is 2.21. The van der Waals surface area contributed by atoms with Crippen molar-refractivity contribution in [2.75, 3.05) is 26.7 Å². The van der Waals surface area contributed by atoms with E-state index in [9.17, 15) is 0 Å². The van der Waals surface area contributed by atoms with Crippen molar-refractivity contribution in [3.8, 4) is 0 Å². The van der Waals surface area contributed by atoms with Gasteiger partial charge in [0.15, 0.2) is 0 Å². The minimum Gasteiger partial charge on any atom is -0.317 e. The number of hydrogen-bond acceptors (Lipinski definition) is 3. The molecule has 1 aromatic rings. The topological polar surface area (TPSA) is 28.2 Å². The molecule has 0 spiro atoms. The van der Waals surface area contributed by atoms with E-state index >= 15 is 0 Å². The number of nitrogens with one attached hydrogen (secondary N) is 1. The van der Waals surface area contributed by atoms with E-state index in [0.717, 1.165) is 26.1 Å². The Morgan fingerprint density at radius 1 is 1.39 bits per heavy atom. The van der Waals surface area contributed by atoms with Crippen molar-refractivity contribution >= 4 is 0 Å². The first-order chi connectivity index (χ1) is 8.74. The van der Waals surface area contributed by atoms with Crippen LogP contribution in [0.1, 0.15) is 32.4 Å². The molecule has 0 saturated heterocycles.